The van der Waals surface area contributed by atoms with Crippen molar-refractivity contribution < 1.29 is 12.8 Å². The number of sulfonamides is 1. The van der Waals surface area contributed by atoms with Gasteiger partial charge in [0.05, 0.1) is 10.6 Å². The lowest BCUT2D eigenvalue weighted by molar-refractivity contribution is 0.260. The van der Waals surface area contributed by atoms with Crippen LogP contribution in [-0.2, 0) is 10.0 Å². The molecule has 1 aliphatic heterocycles. The number of hydrogen-bond acceptors (Lipinski definition) is 3. The Hall–Kier alpha value is -1.14. The third kappa shape index (κ3) is 2.20. The summed E-state index contributed by atoms with van der Waals surface area (Å²) < 4.78 is 40.2. The van der Waals surface area contributed by atoms with Crippen molar-refractivity contribution in [2.24, 2.45) is 5.92 Å². The number of hydrogen-bond donors (Lipinski definition) is 1. The van der Waals surface area contributed by atoms with E-state index in [4.69, 9.17) is 5.73 Å². The van der Waals surface area contributed by atoms with Crippen LogP contribution >= 0.6 is 0 Å². The van der Waals surface area contributed by atoms with E-state index in [0.29, 0.717) is 12.5 Å². The summed E-state index contributed by atoms with van der Waals surface area (Å²) in [7, 11) is -3.56. The third-order valence-corrected chi connectivity index (χ3v) is 6.45. The fourth-order valence-electron chi connectivity index (χ4n) is 3.48. The number of halogens is 1. The first-order valence-corrected chi connectivity index (χ1v) is 8.51. The Morgan fingerprint density at radius 3 is 2.70 bits per heavy atom. The Balaban J connectivity index is 1.93. The normalized spacial score (nSPS) is 27.4. The SMILES string of the molecule is Nc1cc(S(=O)(=O)N2CCC3CCCCC32)ccc1F. The van der Waals surface area contributed by atoms with E-state index in [0.717, 1.165) is 31.7 Å². The molecule has 2 N–H and O–H groups in total. The van der Waals surface area contributed by atoms with Gasteiger partial charge in [0.15, 0.2) is 0 Å². The highest BCUT2D eigenvalue weighted by molar-refractivity contribution is 7.89. The van der Waals surface area contributed by atoms with Crippen molar-refractivity contribution in [2.45, 2.75) is 43.0 Å². The lowest BCUT2D eigenvalue weighted by atomic mass is 9.86. The van der Waals surface area contributed by atoms with Crippen molar-refractivity contribution in [1.82, 2.24) is 4.31 Å². The summed E-state index contributed by atoms with van der Waals surface area (Å²) in [6, 6.07) is 3.76. The van der Waals surface area contributed by atoms with Crippen molar-refractivity contribution in [2.75, 3.05) is 12.3 Å². The molecule has 0 bridgehead atoms. The summed E-state index contributed by atoms with van der Waals surface area (Å²) in [4.78, 5) is 0.0997. The predicted octanol–water partition coefficient (Wildman–Crippen LogP) is 2.36. The largest absolute Gasteiger partial charge is 0.396 e. The van der Waals surface area contributed by atoms with Crippen molar-refractivity contribution >= 4 is 15.7 Å². The number of rotatable bonds is 2. The van der Waals surface area contributed by atoms with Gasteiger partial charge >= 0.3 is 0 Å². The average molecular weight is 298 g/mol. The maximum Gasteiger partial charge on any atom is 0.243 e. The van der Waals surface area contributed by atoms with E-state index < -0.39 is 15.8 Å². The second-order valence-corrected chi connectivity index (χ2v) is 7.59. The zero-order valence-electron chi connectivity index (χ0n) is 11.3. The molecular formula is C14H19FN2O2S. The second kappa shape index (κ2) is 5.00. The monoisotopic (exact) mass is 298 g/mol. The maximum absolute atomic E-state index is 13.2. The minimum absolute atomic E-state index is 0.0997. The lowest BCUT2D eigenvalue weighted by Crippen LogP contribution is -2.39. The van der Waals surface area contributed by atoms with Gasteiger partial charge in [-0.05, 0) is 43.4 Å². The van der Waals surface area contributed by atoms with Gasteiger partial charge in [-0.25, -0.2) is 12.8 Å². The van der Waals surface area contributed by atoms with Crippen LogP contribution in [0.4, 0.5) is 10.1 Å². The van der Waals surface area contributed by atoms with Gasteiger partial charge in [-0.1, -0.05) is 12.8 Å². The molecule has 6 heteroatoms. The first-order valence-electron chi connectivity index (χ1n) is 7.07. The number of benzene rings is 1. The van der Waals surface area contributed by atoms with E-state index in [-0.39, 0.29) is 16.6 Å². The molecular weight excluding hydrogens is 279 g/mol. The third-order valence-electron chi connectivity index (χ3n) is 4.53. The zero-order valence-corrected chi connectivity index (χ0v) is 12.1. The summed E-state index contributed by atoms with van der Waals surface area (Å²) >= 11 is 0. The highest BCUT2D eigenvalue weighted by Gasteiger charge is 2.42. The summed E-state index contributed by atoms with van der Waals surface area (Å²) in [6.07, 6.45) is 5.25. The van der Waals surface area contributed by atoms with Gasteiger partial charge < -0.3 is 5.73 Å². The molecule has 2 fully saturated rings. The number of nitrogen functional groups attached to an aromatic ring is 1. The molecule has 4 nitrogen and oxygen atoms in total. The molecule has 1 aromatic carbocycles. The molecule has 0 spiro atoms. The van der Waals surface area contributed by atoms with Crippen molar-refractivity contribution in [1.29, 1.82) is 0 Å². The summed E-state index contributed by atoms with van der Waals surface area (Å²) in [5.41, 5.74) is 5.37. The van der Waals surface area contributed by atoms with E-state index in [2.05, 4.69) is 0 Å². The Bertz CT molecular complexity index is 618. The molecule has 2 aliphatic rings. The van der Waals surface area contributed by atoms with Gasteiger partial charge in [-0.3, -0.25) is 0 Å². The van der Waals surface area contributed by atoms with Crippen LogP contribution in [0.2, 0.25) is 0 Å². The van der Waals surface area contributed by atoms with Crippen LogP contribution in [0.1, 0.15) is 32.1 Å². The topological polar surface area (TPSA) is 63.4 Å². The Morgan fingerprint density at radius 2 is 1.95 bits per heavy atom. The Labute approximate surface area is 118 Å². The molecule has 1 heterocycles. The van der Waals surface area contributed by atoms with E-state index in [1.165, 1.54) is 18.6 Å². The minimum Gasteiger partial charge on any atom is -0.396 e. The Morgan fingerprint density at radius 1 is 1.20 bits per heavy atom. The quantitative estimate of drug-likeness (QED) is 0.853. The molecule has 0 radical (unpaired) electrons. The number of nitrogens with two attached hydrogens (primary N) is 1. The van der Waals surface area contributed by atoms with Crippen LogP contribution in [0.15, 0.2) is 23.1 Å². The molecule has 1 saturated carbocycles. The fraction of sp³-hybridized carbons (Fsp3) is 0.571. The Kier molecular flexibility index (Phi) is 3.46. The number of fused-ring (bicyclic) bond motifs is 1. The molecule has 2 unspecified atom stereocenters. The molecule has 1 saturated heterocycles. The molecule has 110 valence electrons. The second-order valence-electron chi connectivity index (χ2n) is 5.70. The maximum atomic E-state index is 13.2. The first kappa shape index (κ1) is 13.8. The highest BCUT2D eigenvalue weighted by atomic mass is 32.2. The van der Waals surface area contributed by atoms with Crippen LogP contribution in [-0.4, -0.2) is 25.3 Å². The van der Waals surface area contributed by atoms with E-state index in [1.54, 1.807) is 4.31 Å². The van der Waals surface area contributed by atoms with Gasteiger partial charge in [0.2, 0.25) is 10.0 Å². The van der Waals surface area contributed by atoms with Gasteiger partial charge in [0.1, 0.15) is 5.82 Å². The first-order chi connectivity index (χ1) is 9.50. The molecule has 3 rings (SSSR count). The van der Waals surface area contributed by atoms with Crippen molar-refractivity contribution in [3.63, 3.8) is 0 Å². The fourth-order valence-corrected chi connectivity index (χ4v) is 5.25. The van der Waals surface area contributed by atoms with Crippen LogP contribution < -0.4 is 5.73 Å². The van der Waals surface area contributed by atoms with E-state index >= 15 is 0 Å². The van der Waals surface area contributed by atoms with Gasteiger partial charge in [0.25, 0.3) is 0 Å². The number of anilines is 1. The van der Waals surface area contributed by atoms with Crippen LogP contribution in [0.5, 0.6) is 0 Å². The van der Waals surface area contributed by atoms with E-state index in [9.17, 15) is 12.8 Å². The van der Waals surface area contributed by atoms with Crippen LogP contribution in [0.3, 0.4) is 0 Å². The minimum atomic E-state index is -3.56. The summed E-state index contributed by atoms with van der Waals surface area (Å²) in [5.74, 6) is -0.0998. The number of nitrogens with zero attached hydrogens (tertiary/aromatic N) is 1. The van der Waals surface area contributed by atoms with Gasteiger partial charge in [-0.2, -0.15) is 4.31 Å². The molecule has 20 heavy (non-hydrogen) atoms. The van der Waals surface area contributed by atoms with Crippen LogP contribution in [0.25, 0.3) is 0 Å². The van der Waals surface area contributed by atoms with Crippen molar-refractivity contribution in [3.8, 4) is 0 Å². The summed E-state index contributed by atoms with van der Waals surface area (Å²) in [5, 5.41) is 0. The molecule has 1 aliphatic carbocycles. The average Bonchev–Trinajstić information content (AvgIpc) is 2.86. The molecule has 0 aromatic heterocycles. The highest BCUT2D eigenvalue weighted by Crippen LogP contribution is 2.39. The summed E-state index contributed by atoms with van der Waals surface area (Å²) in [6.45, 7) is 0.564. The predicted molar refractivity (Wildman–Crippen MR) is 75.1 cm³/mol. The smallest absolute Gasteiger partial charge is 0.243 e. The van der Waals surface area contributed by atoms with E-state index in [1.807, 2.05) is 0 Å². The van der Waals surface area contributed by atoms with Crippen molar-refractivity contribution in [3.05, 3.63) is 24.0 Å². The van der Waals surface area contributed by atoms with Crippen LogP contribution in [0, 0.1) is 11.7 Å². The molecule has 2 atom stereocenters. The van der Waals surface area contributed by atoms with Gasteiger partial charge in [-0.15, -0.1) is 0 Å². The standard InChI is InChI=1S/C14H19FN2O2S/c15-12-6-5-11(9-13(12)16)20(18,19)17-8-7-10-3-1-2-4-14(10)17/h5-6,9-10,14H,1-4,7-8,16H2. The molecule has 1 aromatic rings. The molecule has 0 amide bonds. The lowest BCUT2D eigenvalue weighted by Gasteiger charge is -2.31. The zero-order chi connectivity index (χ0) is 14.3. The van der Waals surface area contributed by atoms with Gasteiger partial charge in [0, 0.05) is 12.6 Å².